The first kappa shape index (κ1) is 35.5. The standard InChI is InChI=1S/C32H37N6O7PS/c1-5-6-17-44-31(40)21(4)37-38-46(42)45-24-14-12-23(13-15-24)43-18-16-25(47-32(41)22-10-8-7-9-11-22)19(2)30(39)35-27-26-20(3)34-29(27)36-28(26)33/h7-15,21,27,37H,5-6,16-18H2,1-4H3,(H,35,39)(H2,33,34,36)/b25-19-/t21-,27-/m0/s1. The van der Waals surface area contributed by atoms with E-state index in [1.165, 1.54) is 0 Å². The van der Waals surface area contributed by atoms with Crippen LogP contribution < -0.4 is 30.6 Å². The van der Waals surface area contributed by atoms with Crippen LogP contribution in [0.1, 0.15) is 57.3 Å². The van der Waals surface area contributed by atoms with Gasteiger partial charge >= 0.3 is 14.1 Å². The maximum absolute atomic E-state index is 13.3. The van der Waals surface area contributed by atoms with Crippen molar-refractivity contribution in [2.24, 2.45) is 20.6 Å². The Labute approximate surface area is 278 Å². The zero-order valence-electron chi connectivity index (χ0n) is 26.5. The highest BCUT2D eigenvalue weighted by molar-refractivity contribution is 8.17. The normalized spacial score (nSPS) is 16.6. The quantitative estimate of drug-likeness (QED) is 0.0757. The van der Waals surface area contributed by atoms with Gasteiger partial charge < -0.3 is 25.4 Å². The average Bonchev–Trinajstić information content (AvgIpc) is 3.53. The number of amides is 1. The van der Waals surface area contributed by atoms with Gasteiger partial charge in [-0.2, -0.15) is 5.43 Å². The van der Waals surface area contributed by atoms with Crippen molar-refractivity contribution in [2.75, 3.05) is 13.2 Å². The predicted molar refractivity (Wildman–Crippen MR) is 180 cm³/mol. The summed E-state index contributed by atoms with van der Waals surface area (Å²) in [6, 6.07) is 13.9. The molecule has 0 saturated carbocycles. The van der Waals surface area contributed by atoms with Crippen LogP contribution in [-0.4, -0.2) is 54.0 Å². The minimum Gasteiger partial charge on any atom is -0.574 e. The van der Waals surface area contributed by atoms with E-state index < -0.39 is 26.2 Å². The van der Waals surface area contributed by atoms with Crippen LogP contribution in [-0.2, 0) is 14.3 Å². The number of hydrogen-bond donors (Lipinski definition) is 3. The second-order valence-corrected chi connectivity index (χ2v) is 12.5. The van der Waals surface area contributed by atoms with Crippen molar-refractivity contribution in [1.29, 1.82) is 0 Å². The number of ether oxygens (including phenoxy) is 2. The zero-order valence-corrected chi connectivity index (χ0v) is 28.2. The number of hydrogen-bond acceptors (Lipinski definition) is 12. The first-order chi connectivity index (χ1) is 22.6. The van der Waals surface area contributed by atoms with Gasteiger partial charge in [-0.3, -0.25) is 18.9 Å². The Bertz CT molecular complexity index is 1640. The fourth-order valence-corrected chi connectivity index (χ4v) is 5.92. The summed E-state index contributed by atoms with van der Waals surface area (Å²) in [6.07, 6.45) is 1.93. The fraction of sp³-hybridized carbons (Fsp3) is 0.344. The van der Waals surface area contributed by atoms with E-state index in [9.17, 15) is 19.3 Å². The predicted octanol–water partition coefficient (Wildman–Crippen LogP) is 4.32. The molecule has 0 fully saturated rings. The van der Waals surface area contributed by atoms with E-state index in [4.69, 9.17) is 19.7 Å². The van der Waals surface area contributed by atoms with Crippen molar-refractivity contribution in [3.8, 4) is 11.5 Å². The number of nitrogens with two attached hydrogens (primary N) is 1. The molecule has 47 heavy (non-hydrogen) atoms. The van der Waals surface area contributed by atoms with Crippen molar-refractivity contribution in [3.63, 3.8) is 0 Å². The van der Waals surface area contributed by atoms with E-state index in [2.05, 4.69) is 25.6 Å². The molecule has 4 N–H and O–H groups in total. The highest BCUT2D eigenvalue weighted by Gasteiger charge is 2.37. The van der Waals surface area contributed by atoms with E-state index in [0.717, 1.165) is 24.6 Å². The smallest absolute Gasteiger partial charge is 0.412 e. The molecule has 2 aliphatic heterocycles. The first-order valence-corrected chi connectivity index (χ1v) is 16.9. The molecule has 2 aromatic carbocycles. The van der Waals surface area contributed by atoms with Crippen LogP contribution in [0.2, 0.25) is 0 Å². The molecule has 0 radical (unpaired) electrons. The summed E-state index contributed by atoms with van der Waals surface area (Å²) in [7, 11) is -2.50. The Hall–Kier alpha value is -4.36. The Morgan fingerprint density at radius 1 is 1.09 bits per heavy atom. The molecule has 2 aromatic rings. The number of thioether (sulfide) groups is 1. The number of esters is 1. The first-order valence-electron chi connectivity index (χ1n) is 15.0. The van der Waals surface area contributed by atoms with Gasteiger partial charge in [0.2, 0.25) is 11.0 Å². The van der Waals surface area contributed by atoms with E-state index in [1.54, 1.807) is 62.4 Å². The van der Waals surface area contributed by atoms with Crippen molar-refractivity contribution in [3.05, 3.63) is 81.9 Å². The Morgan fingerprint density at radius 3 is 2.45 bits per heavy atom. The lowest BCUT2D eigenvalue weighted by Crippen LogP contribution is -2.39. The molecular formula is C32H37N6O7PS. The monoisotopic (exact) mass is 680 g/mol. The fourth-order valence-electron chi connectivity index (χ4n) is 4.40. The summed E-state index contributed by atoms with van der Waals surface area (Å²) in [6.45, 7) is 7.48. The number of rotatable bonds is 16. The van der Waals surface area contributed by atoms with Gasteiger partial charge in [0.1, 0.15) is 23.7 Å². The second-order valence-electron chi connectivity index (χ2n) is 10.5. The zero-order chi connectivity index (χ0) is 33.9. The van der Waals surface area contributed by atoms with Crippen molar-refractivity contribution in [2.45, 2.75) is 59.0 Å². The maximum atomic E-state index is 13.3. The number of aliphatic imine (C=N–C) groups is 2. The van der Waals surface area contributed by atoms with Gasteiger partial charge in [-0.1, -0.05) is 55.4 Å². The number of carbonyl (C=O) groups excluding carboxylic acids is 3. The lowest BCUT2D eigenvalue weighted by molar-refractivity contribution is -0.169. The lowest BCUT2D eigenvalue weighted by atomic mass is 10.1. The van der Waals surface area contributed by atoms with Gasteiger partial charge in [0.05, 0.1) is 13.2 Å². The van der Waals surface area contributed by atoms with Crippen LogP contribution in [0.15, 0.2) is 91.2 Å². The number of allylic oxidation sites excluding steroid dienone is 1. The van der Waals surface area contributed by atoms with Crippen molar-refractivity contribution < 1.29 is 33.3 Å². The number of amidine groups is 2. The van der Waals surface area contributed by atoms with E-state index in [0.29, 0.717) is 51.3 Å². The van der Waals surface area contributed by atoms with Gasteiger partial charge in [-0.25, -0.2) is 9.98 Å². The molecule has 15 heteroatoms. The number of unbranched alkanes of at least 4 members (excludes halogenated alkanes) is 1. The van der Waals surface area contributed by atoms with Gasteiger partial charge in [-0.05, 0) is 51.5 Å². The molecule has 0 aromatic heterocycles. The molecule has 0 saturated heterocycles. The number of nitrogens with zero attached hydrogens (tertiary/aromatic N) is 3. The Balaban J connectivity index is 1.35. The van der Waals surface area contributed by atoms with Gasteiger partial charge in [0, 0.05) is 38.6 Å². The highest BCUT2D eigenvalue weighted by atomic mass is 32.2. The summed E-state index contributed by atoms with van der Waals surface area (Å²) >= 11 is 0.974. The number of nitrogens with one attached hydrogen (secondary N) is 2. The Morgan fingerprint density at radius 2 is 1.79 bits per heavy atom. The van der Waals surface area contributed by atoms with Crippen molar-refractivity contribution >= 4 is 48.6 Å². The van der Waals surface area contributed by atoms with Crippen LogP contribution in [0, 0.1) is 0 Å². The molecule has 0 aliphatic carbocycles. The van der Waals surface area contributed by atoms with Crippen LogP contribution in [0.5, 0.6) is 11.5 Å². The van der Waals surface area contributed by atoms with Gasteiger partial charge in [-0.15, -0.1) is 0 Å². The lowest BCUT2D eigenvalue weighted by Gasteiger charge is -2.15. The van der Waals surface area contributed by atoms with Gasteiger partial charge in [0.25, 0.3) is 0 Å². The molecular weight excluding hydrogens is 643 g/mol. The van der Waals surface area contributed by atoms with Crippen LogP contribution >= 0.6 is 19.9 Å². The van der Waals surface area contributed by atoms with E-state index in [-0.39, 0.29) is 29.8 Å². The summed E-state index contributed by atoms with van der Waals surface area (Å²) in [5.74, 6) is 0.675. The van der Waals surface area contributed by atoms with Crippen LogP contribution in [0.4, 0.5) is 0 Å². The highest BCUT2D eigenvalue weighted by Crippen LogP contribution is 2.31. The van der Waals surface area contributed by atoms with Crippen molar-refractivity contribution in [1.82, 2.24) is 10.7 Å². The molecule has 4 rings (SSSR count). The Kier molecular flexibility index (Phi) is 12.8. The topological polar surface area (TPSA) is 189 Å². The summed E-state index contributed by atoms with van der Waals surface area (Å²) in [4.78, 5) is 63.4. The van der Waals surface area contributed by atoms with Crippen LogP contribution in [0.25, 0.3) is 0 Å². The van der Waals surface area contributed by atoms with Crippen LogP contribution in [0.3, 0.4) is 0 Å². The molecule has 13 nitrogen and oxygen atoms in total. The van der Waals surface area contributed by atoms with E-state index in [1.807, 2.05) is 19.9 Å². The summed E-state index contributed by atoms with van der Waals surface area (Å²) in [5.41, 5.74) is 10.7. The SMILES string of the molecule is CCCCOC(=O)[C@H](C)N/N=[P+](\[O-])Oc1ccc(OCC/C(SC(=O)c2ccccc2)=C(\C)C(=O)N[C@@H]2C3=NC(C)=C2C(N)=N3)cc1. The number of carbonyl (C=O) groups is 3. The second kappa shape index (κ2) is 17.0. The third-order valence-corrected chi connectivity index (χ3v) is 8.85. The minimum atomic E-state index is -2.50. The molecule has 2 heterocycles. The third-order valence-electron chi connectivity index (χ3n) is 7.02. The molecule has 1 unspecified atom stereocenters. The maximum Gasteiger partial charge on any atom is 0.412 e. The minimum absolute atomic E-state index is 0.158. The molecule has 3 atom stereocenters. The average molecular weight is 681 g/mol. The third kappa shape index (κ3) is 9.82. The largest absolute Gasteiger partial charge is 0.574 e. The number of fused-ring (bicyclic) bond motifs is 2. The molecule has 0 spiro atoms. The molecule has 2 bridgehead atoms. The molecule has 1 amide bonds. The molecule has 2 aliphatic rings. The number of benzene rings is 2. The van der Waals surface area contributed by atoms with E-state index >= 15 is 0 Å². The summed E-state index contributed by atoms with van der Waals surface area (Å²) in [5, 5.41) is 2.73. The molecule has 248 valence electrons. The summed E-state index contributed by atoms with van der Waals surface area (Å²) < 4.78 is 16.3. The van der Waals surface area contributed by atoms with Gasteiger partial charge in [0.15, 0.2) is 11.6 Å².